The summed E-state index contributed by atoms with van der Waals surface area (Å²) in [5, 5.41) is 12.1. The molecule has 1 atom stereocenters. The van der Waals surface area contributed by atoms with E-state index < -0.39 is 17.7 Å². The van der Waals surface area contributed by atoms with Gasteiger partial charge in [-0.15, -0.1) is 0 Å². The average Bonchev–Trinajstić information content (AvgIpc) is 2.76. The normalized spacial score (nSPS) is 15.2. The number of benzene rings is 3. The van der Waals surface area contributed by atoms with Gasteiger partial charge in [-0.3, -0.25) is 10.1 Å². The first-order chi connectivity index (χ1) is 15.4. The quantitative estimate of drug-likeness (QED) is 0.560. The topological polar surface area (TPSA) is 75.6 Å². The molecule has 4 rings (SSSR count). The van der Waals surface area contributed by atoms with E-state index in [1.54, 1.807) is 24.3 Å². The molecule has 0 radical (unpaired) electrons. The molecule has 5 nitrogen and oxygen atoms in total. The van der Waals surface area contributed by atoms with Gasteiger partial charge in [0, 0.05) is 28.8 Å². The van der Waals surface area contributed by atoms with Crippen LogP contribution in [0.15, 0.2) is 60.7 Å². The van der Waals surface area contributed by atoms with Gasteiger partial charge in [0.05, 0.1) is 0 Å². The van der Waals surface area contributed by atoms with Crippen molar-refractivity contribution < 1.29 is 28.2 Å². The van der Waals surface area contributed by atoms with Gasteiger partial charge in [0.1, 0.15) is 24.0 Å². The maximum Gasteiger partial charge on any atom is 0.411 e. The van der Waals surface area contributed by atoms with Crippen molar-refractivity contribution >= 4 is 17.6 Å². The van der Waals surface area contributed by atoms with Crippen LogP contribution in [0.1, 0.15) is 33.5 Å². The number of fused-ring (bicyclic) bond motifs is 1. The summed E-state index contributed by atoms with van der Waals surface area (Å²) >= 11 is 0. The number of aromatic hydroxyl groups is 1. The Bertz CT molecular complexity index is 1160. The number of carbonyl (C=O) groups is 2. The number of hydrogen-bond donors (Lipinski definition) is 2. The van der Waals surface area contributed by atoms with Crippen LogP contribution in [0.5, 0.6) is 5.75 Å². The lowest BCUT2D eigenvalue weighted by atomic mass is 9.79. The number of phenolic OH excluding ortho intramolecular Hbond substituents is 1. The first-order valence-corrected chi connectivity index (χ1v) is 10.2. The number of ether oxygens (including phenoxy) is 1. The smallest absolute Gasteiger partial charge is 0.411 e. The number of hydrogen-bond acceptors (Lipinski definition) is 4. The summed E-state index contributed by atoms with van der Waals surface area (Å²) < 4.78 is 31.5. The first kappa shape index (κ1) is 21.5. The molecular weight excluding hydrogens is 416 g/mol. The molecule has 1 aliphatic carbocycles. The highest BCUT2D eigenvalue weighted by Crippen LogP contribution is 2.30. The van der Waals surface area contributed by atoms with E-state index in [9.17, 15) is 23.5 Å². The van der Waals surface area contributed by atoms with Gasteiger partial charge in [-0.2, -0.15) is 0 Å². The SMILES string of the molecule is O=C(Nc1ccc(CC2CCc3cc(O)ccc3C2=O)cc1)OCc1ccc(F)cc1F. The Morgan fingerprint density at radius 2 is 1.84 bits per heavy atom. The fourth-order valence-corrected chi connectivity index (χ4v) is 3.85. The van der Waals surface area contributed by atoms with E-state index in [4.69, 9.17) is 4.74 Å². The van der Waals surface area contributed by atoms with E-state index in [-0.39, 0.29) is 29.6 Å². The van der Waals surface area contributed by atoms with E-state index in [0.717, 1.165) is 29.7 Å². The highest BCUT2D eigenvalue weighted by molar-refractivity contribution is 6.00. The van der Waals surface area contributed by atoms with Crippen LogP contribution >= 0.6 is 0 Å². The summed E-state index contributed by atoms with van der Waals surface area (Å²) in [5.41, 5.74) is 3.07. The number of anilines is 1. The highest BCUT2D eigenvalue weighted by Gasteiger charge is 2.27. The minimum absolute atomic E-state index is 0.0741. The number of phenols is 1. The van der Waals surface area contributed by atoms with Crippen molar-refractivity contribution in [1.29, 1.82) is 0 Å². The summed E-state index contributed by atoms with van der Waals surface area (Å²) in [5.74, 6) is -1.38. The molecule has 3 aromatic carbocycles. The Morgan fingerprint density at radius 1 is 1.06 bits per heavy atom. The molecule has 0 aromatic heterocycles. The Kier molecular flexibility index (Phi) is 6.16. The summed E-state index contributed by atoms with van der Waals surface area (Å²) in [6.45, 7) is -0.320. The van der Waals surface area contributed by atoms with Crippen LogP contribution in [0.3, 0.4) is 0 Å². The Hall–Kier alpha value is -3.74. The van der Waals surface area contributed by atoms with Gasteiger partial charge in [0.15, 0.2) is 5.78 Å². The largest absolute Gasteiger partial charge is 0.508 e. The second kappa shape index (κ2) is 9.18. The second-order valence-corrected chi connectivity index (χ2v) is 7.78. The van der Waals surface area contributed by atoms with Crippen molar-refractivity contribution in [1.82, 2.24) is 0 Å². The molecular formula is C25H21F2NO4. The zero-order valence-corrected chi connectivity index (χ0v) is 17.1. The molecule has 2 N–H and O–H groups in total. The number of nitrogens with one attached hydrogen (secondary N) is 1. The fourth-order valence-electron chi connectivity index (χ4n) is 3.85. The van der Waals surface area contributed by atoms with Gasteiger partial charge in [-0.05, 0) is 72.9 Å². The predicted octanol–water partition coefficient (Wildman–Crippen LogP) is 5.41. The van der Waals surface area contributed by atoms with Gasteiger partial charge in [-0.25, -0.2) is 13.6 Å². The van der Waals surface area contributed by atoms with Gasteiger partial charge in [-0.1, -0.05) is 12.1 Å². The number of Topliss-reactive ketones (excluding diaryl/α,β-unsaturated/α-hetero) is 1. The van der Waals surface area contributed by atoms with Crippen molar-refractivity contribution in [3.05, 3.63) is 94.6 Å². The average molecular weight is 437 g/mol. The number of aryl methyl sites for hydroxylation is 1. The molecule has 0 saturated heterocycles. The molecule has 3 aromatic rings. The summed E-state index contributed by atoms with van der Waals surface area (Å²) in [6.07, 6.45) is 1.26. The molecule has 32 heavy (non-hydrogen) atoms. The van der Waals surface area contributed by atoms with Crippen LogP contribution in [0.25, 0.3) is 0 Å². The number of carbonyl (C=O) groups excluding carboxylic acids is 2. The molecule has 0 spiro atoms. The van der Waals surface area contributed by atoms with Gasteiger partial charge >= 0.3 is 6.09 Å². The highest BCUT2D eigenvalue weighted by atomic mass is 19.1. The third-order valence-electron chi connectivity index (χ3n) is 5.54. The zero-order chi connectivity index (χ0) is 22.7. The minimum Gasteiger partial charge on any atom is -0.508 e. The Balaban J connectivity index is 1.31. The number of rotatable bonds is 5. The number of halogens is 2. The number of ketones is 1. The molecule has 1 amide bonds. The monoisotopic (exact) mass is 437 g/mol. The van der Waals surface area contributed by atoms with Crippen LogP contribution in [-0.4, -0.2) is 17.0 Å². The molecule has 0 aliphatic heterocycles. The molecule has 7 heteroatoms. The molecule has 0 bridgehead atoms. The maximum atomic E-state index is 13.6. The number of amides is 1. The molecule has 1 unspecified atom stereocenters. The summed E-state index contributed by atoms with van der Waals surface area (Å²) in [4.78, 5) is 24.7. The van der Waals surface area contributed by atoms with Crippen LogP contribution in [0, 0.1) is 17.6 Å². The molecule has 0 heterocycles. The third-order valence-corrected chi connectivity index (χ3v) is 5.54. The van der Waals surface area contributed by atoms with Gasteiger partial charge in [0.2, 0.25) is 0 Å². The lowest BCUT2D eigenvalue weighted by Crippen LogP contribution is -2.24. The van der Waals surface area contributed by atoms with Crippen LogP contribution in [-0.2, 0) is 24.2 Å². The van der Waals surface area contributed by atoms with Gasteiger partial charge in [0.25, 0.3) is 0 Å². The third kappa shape index (κ3) is 4.94. The summed E-state index contributed by atoms with van der Waals surface area (Å²) in [6, 6.07) is 15.0. The molecule has 0 fully saturated rings. The van der Waals surface area contributed by atoms with E-state index in [2.05, 4.69) is 5.32 Å². The van der Waals surface area contributed by atoms with E-state index in [1.807, 2.05) is 12.1 Å². The van der Waals surface area contributed by atoms with Crippen molar-refractivity contribution in [3.63, 3.8) is 0 Å². The molecule has 0 saturated carbocycles. The van der Waals surface area contributed by atoms with Crippen LogP contribution in [0.2, 0.25) is 0 Å². The zero-order valence-electron chi connectivity index (χ0n) is 17.1. The van der Waals surface area contributed by atoms with Crippen LogP contribution < -0.4 is 5.32 Å². The van der Waals surface area contributed by atoms with E-state index in [0.29, 0.717) is 24.1 Å². The standard InChI is InChI=1S/C25H21F2NO4/c26-19-6-5-18(23(27)13-19)14-32-25(31)28-20-7-1-15(2-8-20)11-17-4-3-16-12-21(29)9-10-22(16)24(17)30/h1-2,5-10,12-13,17,29H,3-4,11,14H2,(H,28,31). The van der Waals surface area contributed by atoms with Gasteiger partial charge < -0.3 is 9.84 Å². The maximum absolute atomic E-state index is 13.6. The van der Waals surface area contributed by atoms with Crippen molar-refractivity contribution in [3.8, 4) is 5.75 Å². The van der Waals surface area contributed by atoms with Crippen molar-refractivity contribution in [2.24, 2.45) is 5.92 Å². The lowest BCUT2D eigenvalue weighted by molar-refractivity contribution is 0.0901. The van der Waals surface area contributed by atoms with Crippen molar-refractivity contribution in [2.75, 3.05) is 5.32 Å². The van der Waals surface area contributed by atoms with E-state index in [1.165, 1.54) is 12.1 Å². The second-order valence-electron chi connectivity index (χ2n) is 7.78. The van der Waals surface area contributed by atoms with Crippen LogP contribution in [0.4, 0.5) is 19.3 Å². The Morgan fingerprint density at radius 3 is 2.59 bits per heavy atom. The first-order valence-electron chi connectivity index (χ1n) is 10.2. The predicted molar refractivity (Wildman–Crippen MR) is 115 cm³/mol. The molecule has 1 aliphatic rings. The Labute approximate surface area is 183 Å². The van der Waals surface area contributed by atoms with E-state index >= 15 is 0 Å². The fraction of sp³-hybridized carbons (Fsp3) is 0.200. The lowest BCUT2D eigenvalue weighted by Gasteiger charge is -2.23. The molecule has 164 valence electrons. The summed E-state index contributed by atoms with van der Waals surface area (Å²) in [7, 11) is 0. The van der Waals surface area contributed by atoms with Crippen molar-refractivity contribution in [2.45, 2.75) is 25.9 Å². The minimum atomic E-state index is -0.779.